The average molecular weight is 228 g/mol. The second-order valence-electron chi connectivity index (χ2n) is 4.31. The number of carbonyl (C=O) groups excluding carboxylic acids is 1. The van der Waals surface area contributed by atoms with Crippen LogP contribution in [0, 0.1) is 11.3 Å². The molecule has 3 nitrogen and oxygen atoms in total. The molecule has 0 N–H and O–H groups in total. The number of amides is 1. The standard InChI is InChI=1S/C14H16N2O/c15-9-4-1-5-10-16-11-8-12-6-2-3-7-13(12)14(16)17/h2-3,6-7H,1,4-5,8,10-11H2. The van der Waals surface area contributed by atoms with E-state index in [1.807, 2.05) is 29.2 Å². The van der Waals surface area contributed by atoms with Gasteiger partial charge in [0.1, 0.15) is 0 Å². The van der Waals surface area contributed by atoms with Crippen LogP contribution in [0.3, 0.4) is 0 Å². The van der Waals surface area contributed by atoms with Crippen molar-refractivity contribution in [2.45, 2.75) is 25.7 Å². The summed E-state index contributed by atoms with van der Waals surface area (Å²) in [6.45, 7) is 1.58. The molecule has 17 heavy (non-hydrogen) atoms. The highest BCUT2D eigenvalue weighted by atomic mass is 16.2. The molecule has 1 aliphatic rings. The predicted octanol–water partition coefficient (Wildman–Crippen LogP) is 2.38. The second-order valence-corrected chi connectivity index (χ2v) is 4.31. The fourth-order valence-corrected chi connectivity index (χ4v) is 2.19. The minimum atomic E-state index is 0.142. The molecule has 0 fully saturated rings. The Morgan fingerprint density at radius 1 is 1.29 bits per heavy atom. The Morgan fingerprint density at radius 3 is 2.94 bits per heavy atom. The van der Waals surface area contributed by atoms with E-state index < -0.39 is 0 Å². The lowest BCUT2D eigenvalue weighted by Gasteiger charge is -2.28. The van der Waals surface area contributed by atoms with Gasteiger partial charge in [-0.3, -0.25) is 4.79 Å². The normalized spacial score (nSPS) is 14.3. The molecule has 1 aromatic rings. The summed E-state index contributed by atoms with van der Waals surface area (Å²) in [5.41, 5.74) is 2.00. The summed E-state index contributed by atoms with van der Waals surface area (Å²) in [5, 5.41) is 8.45. The van der Waals surface area contributed by atoms with Gasteiger partial charge in [-0.25, -0.2) is 0 Å². The summed E-state index contributed by atoms with van der Waals surface area (Å²) in [7, 11) is 0. The topological polar surface area (TPSA) is 44.1 Å². The molecular formula is C14H16N2O. The summed E-state index contributed by atoms with van der Waals surface area (Å²) in [6, 6.07) is 9.95. The van der Waals surface area contributed by atoms with Crippen molar-refractivity contribution < 1.29 is 4.79 Å². The molecule has 2 rings (SSSR count). The summed E-state index contributed by atoms with van der Waals surface area (Å²) >= 11 is 0. The number of hydrogen-bond acceptors (Lipinski definition) is 2. The predicted molar refractivity (Wildman–Crippen MR) is 65.5 cm³/mol. The highest BCUT2D eigenvalue weighted by molar-refractivity contribution is 5.96. The molecular weight excluding hydrogens is 212 g/mol. The molecule has 0 atom stereocenters. The molecule has 0 unspecified atom stereocenters. The second kappa shape index (κ2) is 5.49. The summed E-state index contributed by atoms with van der Waals surface area (Å²) < 4.78 is 0. The zero-order chi connectivity index (χ0) is 12.1. The van der Waals surface area contributed by atoms with E-state index in [4.69, 9.17) is 5.26 Å². The number of unbranched alkanes of at least 4 members (excludes halogenated alkanes) is 2. The molecule has 0 aliphatic carbocycles. The van der Waals surface area contributed by atoms with Crippen molar-refractivity contribution in [3.63, 3.8) is 0 Å². The van der Waals surface area contributed by atoms with Gasteiger partial charge in [-0.2, -0.15) is 5.26 Å². The lowest BCUT2D eigenvalue weighted by molar-refractivity contribution is 0.0737. The quantitative estimate of drug-likeness (QED) is 0.743. The van der Waals surface area contributed by atoms with Gasteiger partial charge in [0.15, 0.2) is 0 Å². The van der Waals surface area contributed by atoms with Gasteiger partial charge < -0.3 is 4.90 Å². The first-order valence-corrected chi connectivity index (χ1v) is 6.07. The zero-order valence-electron chi connectivity index (χ0n) is 9.85. The lowest BCUT2D eigenvalue weighted by atomic mass is 9.99. The van der Waals surface area contributed by atoms with Crippen molar-refractivity contribution in [2.24, 2.45) is 0 Å². The van der Waals surface area contributed by atoms with Crippen LogP contribution >= 0.6 is 0 Å². The Labute approximate surface area is 102 Å². The minimum Gasteiger partial charge on any atom is -0.338 e. The largest absolute Gasteiger partial charge is 0.338 e. The van der Waals surface area contributed by atoms with E-state index in [0.29, 0.717) is 6.42 Å². The molecule has 1 aliphatic heterocycles. The monoisotopic (exact) mass is 228 g/mol. The van der Waals surface area contributed by atoms with Gasteiger partial charge in [-0.05, 0) is 30.9 Å². The molecule has 0 saturated heterocycles. The van der Waals surface area contributed by atoms with E-state index in [1.165, 1.54) is 0 Å². The number of fused-ring (bicyclic) bond motifs is 1. The maximum absolute atomic E-state index is 12.1. The highest BCUT2D eigenvalue weighted by Crippen LogP contribution is 2.18. The first-order chi connectivity index (χ1) is 8.33. The molecule has 0 spiro atoms. The van der Waals surface area contributed by atoms with Crippen molar-refractivity contribution in [1.82, 2.24) is 4.90 Å². The lowest BCUT2D eigenvalue weighted by Crippen LogP contribution is -2.38. The van der Waals surface area contributed by atoms with Gasteiger partial charge in [0, 0.05) is 25.1 Å². The van der Waals surface area contributed by atoms with E-state index in [2.05, 4.69) is 6.07 Å². The summed E-state index contributed by atoms with van der Waals surface area (Å²) in [6.07, 6.45) is 3.32. The fraction of sp³-hybridized carbons (Fsp3) is 0.429. The maximum atomic E-state index is 12.1. The molecule has 1 heterocycles. The van der Waals surface area contributed by atoms with E-state index in [0.717, 1.165) is 43.5 Å². The van der Waals surface area contributed by atoms with Gasteiger partial charge in [0.25, 0.3) is 5.91 Å². The third kappa shape index (κ3) is 2.65. The van der Waals surface area contributed by atoms with E-state index in [1.54, 1.807) is 0 Å². The van der Waals surface area contributed by atoms with Crippen molar-refractivity contribution in [1.29, 1.82) is 5.26 Å². The molecule has 88 valence electrons. The Bertz CT molecular complexity index is 448. The average Bonchev–Trinajstić information content (AvgIpc) is 2.37. The minimum absolute atomic E-state index is 0.142. The molecule has 0 saturated carbocycles. The first-order valence-electron chi connectivity index (χ1n) is 6.07. The fourth-order valence-electron chi connectivity index (χ4n) is 2.19. The number of nitriles is 1. The molecule has 1 aromatic carbocycles. The van der Waals surface area contributed by atoms with Crippen molar-refractivity contribution in [3.8, 4) is 6.07 Å². The van der Waals surface area contributed by atoms with Gasteiger partial charge in [-0.15, -0.1) is 0 Å². The van der Waals surface area contributed by atoms with Gasteiger partial charge in [0.05, 0.1) is 6.07 Å². The third-order valence-corrected chi connectivity index (χ3v) is 3.15. The van der Waals surface area contributed by atoms with E-state index in [-0.39, 0.29) is 5.91 Å². The first kappa shape index (κ1) is 11.7. The van der Waals surface area contributed by atoms with Gasteiger partial charge in [-0.1, -0.05) is 18.2 Å². The van der Waals surface area contributed by atoms with Crippen LogP contribution in [0.2, 0.25) is 0 Å². The van der Waals surface area contributed by atoms with Crippen LogP contribution in [0.1, 0.15) is 35.2 Å². The maximum Gasteiger partial charge on any atom is 0.254 e. The summed E-state index contributed by atoms with van der Waals surface area (Å²) in [4.78, 5) is 14.0. The Morgan fingerprint density at radius 2 is 2.12 bits per heavy atom. The van der Waals surface area contributed by atoms with Crippen LogP contribution in [0.25, 0.3) is 0 Å². The van der Waals surface area contributed by atoms with Crippen molar-refractivity contribution in [2.75, 3.05) is 13.1 Å². The number of benzene rings is 1. The number of rotatable bonds is 4. The summed E-state index contributed by atoms with van der Waals surface area (Å²) in [5.74, 6) is 0.142. The van der Waals surface area contributed by atoms with E-state index >= 15 is 0 Å². The number of hydrogen-bond donors (Lipinski definition) is 0. The number of carbonyl (C=O) groups is 1. The van der Waals surface area contributed by atoms with Gasteiger partial charge in [0.2, 0.25) is 0 Å². The van der Waals surface area contributed by atoms with Crippen LogP contribution in [0.4, 0.5) is 0 Å². The Kier molecular flexibility index (Phi) is 3.77. The van der Waals surface area contributed by atoms with Crippen LogP contribution in [0.15, 0.2) is 24.3 Å². The Balaban J connectivity index is 1.96. The highest BCUT2D eigenvalue weighted by Gasteiger charge is 2.22. The molecule has 1 amide bonds. The smallest absolute Gasteiger partial charge is 0.254 e. The zero-order valence-corrected chi connectivity index (χ0v) is 9.85. The van der Waals surface area contributed by atoms with Crippen LogP contribution in [-0.4, -0.2) is 23.9 Å². The molecule has 0 aromatic heterocycles. The van der Waals surface area contributed by atoms with Gasteiger partial charge >= 0.3 is 0 Å². The van der Waals surface area contributed by atoms with Crippen molar-refractivity contribution >= 4 is 5.91 Å². The van der Waals surface area contributed by atoms with Crippen LogP contribution < -0.4 is 0 Å². The number of nitrogens with zero attached hydrogens (tertiary/aromatic N) is 2. The van der Waals surface area contributed by atoms with Crippen LogP contribution in [-0.2, 0) is 6.42 Å². The molecule has 3 heteroatoms. The van der Waals surface area contributed by atoms with Crippen LogP contribution in [0.5, 0.6) is 0 Å². The third-order valence-electron chi connectivity index (χ3n) is 3.15. The van der Waals surface area contributed by atoms with E-state index in [9.17, 15) is 4.79 Å². The van der Waals surface area contributed by atoms with Crippen molar-refractivity contribution in [3.05, 3.63) is 35.4 Å². The Hall–Kier alpha value is -1.82. The molecule has 0 bridgehead atoms. The molecule has 0 radical (unpaired) electrons. The SMILES string of the molecule is N#CCCCCN1CCc2ccccc2C1=O.